The van der Waals surface area contributed by atoms with E-state index in [1.807, 2.05) is 0 Å². The first kappa shape index (κ1) is 15.0. The van der Waals surface area contributed by atoms with Crippen LogP contribution in [0, 0.1) is 5.92 Å². The summed E-state index contributed by atoms with van der Waals surface area (Å²) in [5.74, 6) is 0.117. The van der Waals surface area contributed by atoms with Crippen molar-refractivity contribution in [1.29, 1.82) is 0 Å². The van der Waals surface area contributed by atoms with Crippen molar-refractivity contribution in [2.24, 2.45) is 11.7 Å². The predicted octanol–water partition coefficient (Wildman–Crippen LogP) is 2.77. The quantitative estimate of drug-likeness (QED) is 0.830. The van der Waals surface area contributed by atoms with Crippen molar-refractivity contribution in [3.8, 4) is 0 Å². The largest absolute Gasteiger partial charge is 0.352 e. The molecule has 3 N–H and O–H groups in total. The van der Waals surface area contributed by atoms with E-state index in [4.69, 9.17) is 5.73 Å². The highest BCUT2D eigenvalue weighted by Gasteiger charge is 2.26. The zero-order valence-corrected chi connectivity index (χ0v) is 12.4. The number of hydrogen-bond acceptors (Lipinski definition) is 2. The van der Waals surface area contributed by atoms with Crippen LogP contribution >= 0.6 is 0 Å². The van der Waals surface area contributed by atoms with Crippen LogP contribution in [0.2, 0.25) is 0 Å². The average Bonchev–Trinajstić information content (AvgIpc) is 2.70. The lowest BCUT2D eigenvalue weighted by Crippen LogP contribution is -2.41. The number of nitrogens with one attached hydrogen (secondary N) is 1. The van der Waals surface area contributed by atoms with Gasteiger partial charge in [0.1, 0.15) is 0 Å². The Labute approximate surface area is 121 Å². The van der Waals surface area contributed by atoms with Crippen LogP contribution < -0.4 is 11.1 Å². The molecule has 0 bridgehead atoms. The van der Waals surface area contributed by atoms with E-state index >= 15 is 0 Å². The van der Waals surface area contributed by atoms with Crippen LogP contribution in [-0.4, -0.2) is 11.9 Å². The third-order valence-corrected chi connectivity index (χ3v) is 4.30. The van der Waals surface area contributed by atoms with Crippen LogP contribution in [-0.2, 0) is 17.8 Å². The Morgan fingerprint density at radius 3 is 2.50 bits per heavy atom. The highest BCUT2D eigenvalue weighted by Crippen LogP contribution is 2.22. The summed E-state index contributed by atoms with van der Waals surface area (Å²) in [5, 5.41) is 3.05. The highest BCUT2D eigenvalue weighted by atomic mass is 16.1. The number of hydrogen-bond donors (Lipinski definition) is 2. The molecule has 20 heavy (non-hydrogen) atoms. The lowest BCUT2D eigenvalue weighted by Gasteiger charge is -2.20. The number of carbonyl (C=O) groups is 1. The van der Waals surface area contributed by atoms with Gasteiger partial charge in [0.2, 0.25) is 5.91 Å². The van der Waals surface area contributed by atoms with Gasteiger partial charge >= 0.3 is 0 Å². The normalized spacial score (nSPS) is 23.1. The molecule has 3 heteroatoms. The summed E-state index contributed by atoms with van der Waals surface area (Å²) in [6.07, 6.45) is 6.44. The molecule has 1 saturated carbocycles. The minimum absolute atomic E-state index is 0.00702. The fourth-order valence-electron chi connectivity index (χ4n) is 2.87. The summed E-state index contributed by atoms with van der Waals surface area (Å²) in [4.78, 5) is 12.3. The van der Waals surface area contributed by atoms with E-state index in [2.05, 4.69) is 36.5 Å². The highest BCUT2D eigenvalue weighted by molar-refractivity contribution is 5.79. The number of amides is 1. The van der Waals surface area contributed by atoms with E-state index in [0.717, 1.165) is 37.7 Å². The van der Waals surface area contributed by atoms with Crippen molar-refractivity contribution in [2.45, 2.75) is 58.0 Å². The van der Waals surface area contributed by atoms with Gasteiger partial charge in [-0.3, -0.25) is 4.79 Å². The topological polar surface area (TPSA) is 55.1 Å². The lowest BCUT2D eigenvalue weighted by atomic mass is 9.94. The van der Waals surface area contributed by atoms with Gasteiger partial charge in [-0.15, -0.1) is 0 Å². The van der Waals surface area contributed by atoms with Crippen molar-refractivity contribution >= 4 is 5.91 Å². The standard InChI is InChI=1S/C17H26N2O/c1-2-13-8-10-14(11-9-13)12-19-17(20)15-6-4-3-5-7-16(15)18/h8-11,15-16H,2-7,12,18H2,1H3,(H,19,20). The van der Waals surface area contributed by atoms with Crippen LogP contribution in [0.25, 0.3) is 0 Å². The van der Waals surface area contributed by atoms with Crippen molar-refractivity contribution in [2.75, 3.05) is 0 Å². The maximum atomic E-state index is 12.3. The fraction of sp³-hybridized carbons (Fsp3) is 0.588. The van der Waals surface area contributed by atoms with Gasteiger partial charge in [-0.2, -0.15) is 0 Å². The first-order chi connectivity index (χ1) is 9.70. The minimum atomic E-state index is -0.00702. The molecule has 1 aromatic rings. The van der Waals surface area contributed by atoms with Gasteiger partial charge in [-0.25, -0.2) is 0 Å². The van der Waals surface area contributed by atoms with Gasteiger partial charge in [0.15, 0.2) is 0 Å². The minimum Gasteiger partial charge on any atom is -0.352 e. The monoisotopic (exact) mass is 274 g/mol. The smallest absolute Gasteiger partial charge is 0.224 e. The van der Waals surface area contributed by atoms with E-state index < -0.39 is 0 Å². The summed E-state index contributed by atoms with van der Waals surface area (Å²) in [6.45, 7) is 2.75. The van der Waals surface area contributed by atoms with E-state index in [0.29, 0.717) is 6.54 Å². The molecular formula is C17H26N2O. The average molecular weight is 274 g/mol. The number of rotatable bonds is 4. The molecule has 0 radical (unpaired) electrons. The number of nitrogens with two attached hydrogens (primary N) is 1. The van der Waals surface area contributed by atoms with Gasteiger partial charge in [-0.1, -0.05) is 50.5 Å². The first-order valence-electron chi connectivity index (χ1n) is 7.82. The molecule has 2 rings (SSSR count). The molecule has 1 aliphatic rings. The first-order valence-corrected chi connectivity index (χ1v) is 7.82. The van der Waals surface area contributed by atoms with Crippen LogP contribution in [0.1, 0.15) is 50.2 Å². The van der Waals surface area contributed by atoms with Gasteiger partial charge in [0.05, 0.1) is 5.92 Å². The van der Waals surface area contributed by atoms with Gasteiger partial charge in [0.25, 0.3) is 0 Å². The number of benzene rings is 1. The van der Waals surface area contributed by atoms with Crippen LogP contribution in [0.3, 0.4) is 0 Å². The van der Waals surface area contributed by atoms with E-state index in [1.165, 1.54) is 12.0 Å². The Hall–Kier alpha value is -1.35. The third kappa shape index (κ3) is 4.07. The zero-order valence-electron chi connectivity index (χ0n) is 12.4. The Morgan fingerprint density at radius 1 is 1.15 bits per heavy atom. The molecule has 0 saturated heterocycles. The molecule has 2 atom stereocenters. The lowest BCUT2D eigenvalue weighted by molar-refractivity contribution is -0.126. The van der Waals surface area contributed by atoms with Crippen molar-refractivity contribution in [3.05, 3.63) is 35.4 Å². The Bertz CT molecular complexity index is 427. The molecule has 1 aliphatic carbocycles. The molecule has 110 valence electrons. The maximum Gasteiger partial charge on any atom is 0.224 e. The molecule has 1 fully saturated rings. The van der Waals surface area contributed by atoms with Gasteiger partial charge < -0.3 is 11.1 Å². The second-order valence-corrected chi connectivity index (χ2v) is 5.80. The van der Waals surface area contributed by atoms with Crippen LogP contribution in [0.5, 0.6) is 0 Å². The molecule has 0 aromatic heterocycles. The Kier molecular flexibility index (Phi) is 5.60. The molecule has 1 aromatic carbocycles. The molecule has 1 amide bonds. The summed E-state index contributed by atoms with van der Waals surface area (Å²) >= 11 is 0. The second-order valence-electron chi connectivity index (χ2n) is 5.80. The Morgan fingerprint density at radius 2 is 1.80 bits per heavy atom. The molecule has 0 aliphatic heterocycles. The zero-order chi connectivity index (χ0) is 14.4. The fourth-order valence-corrected chi connectivity index (χ4v) is 2.87. The number of aryl methyl sites for hydroxylation is 1. The van der Waals surface area contributed by atoms with E-state index in [9.17, 15) is 4.79 Å². The van der Waals surface area contributed by atoms with E-state index in [-0.39, 0.29) is 17.9 Å². The second kappa shape index (κ2) is 7.44. The molecule has 0 spiro atoms. The van der Waals surface area contributed by atoms with Crippen molar-refractivity contribution in [1.82, 2.24) is 5.32 Å². The van der Waals surface area contributed by atoms with Crippen LogP contribution in [0.15, 0.2) is 24.3 Å². The van der Waals surface area contributed by atoms with Crippen molar-refractivity contribution in [3.63, 3.8) is 0 Å². The SMILES string of the molecule is CCc1ccc(CNC(=O)C2CCCCCC2N)cc1. The van der Waals surface area contributed by atoms with E-state index in [1.54, 1.807) is 0 Å². The summed E-state index contributed by atoms with van der Waals surface area (Å²) in [6, 6.07) is 8.45. The molecule has 3 nitrogen and oxygen atoms in total. The Balaban J connectivity index is 1.86. The van der Waals surface area contributed by atoms with Gasteiger partial charge in [0, 0.05) is 12.6 Å². The number of carbonyl (C=O) groups excluding carboxylic acids is 1. The third-order valence-electron chi connectivity index (χ3n) is 4.30. The predicted molar refractivity (Wildman–Crippen MR) is 82.2 cm³/mol. The summed E-state index contributed by atoms with van der Waals surface area (Å²) < 4.78 is 0. The maximum absolute atomic E-state index is 12.3. The molecule has 2 unspecified atom stereocenters. The van der Waals surface area contributed by atoms with Crippen molar-refractivity contribution < 1.29 is 4.79 Å². The van der Waals surface area contributed by atoms with Gasteiger partial charge in [-0.05, 0) is 30.4 Å². The molecule has 0 heterocycles. The summed E-state index contributed by atoms with van der Waals surface area (Å²) in [7, 11) is 0. The molecular weight excluding hydrogens is 248 g/mol. The summed E-state index contributed by atoms with van der Waals surface area (Å²) in [5.41, 5.74) is 8.60. The van der Waals surface area contributed by atoms with Crippen LogP contribution in [0.4, 0.5) is 0 Å².